The van der Waals surface area contributed by atoms with Gasteiger partial charge in [0.25, 0.3) is 0 Å². The normalized spacial score (nSPS) is 21.6. The quantitative estimate of drug-likeness (QED) is 0.214. The molecule has 5 aliphatic rings. The van der Waals surface area contributed by atoms with Crippen LogP contribution in [0.5, 0.6) is 0 Å². The van der Waals surface area contributed by atoms with E-state index in [1.807, 2.05) is 41.3 Å². The maximum absolute atomic E-state index is 14.7. The number of aromatic nitrogens is 2. The van der Waals surface area contributed by atoms with Crippen LogP contribution in [0.3, 0.4) is 0 Å². The van der Waals surface area contributed by atoms with Crippen LogP contribution in [-0.2, 0) is 19.2 Å². The predicted molar refractivity (Wildman–Crippen MR) is 219 cm³/mol. The fraction of sp³-hybridized carbons (Fsp3) is 0.545. The largest absolute Gasteiger partial charge is 0.374 e. The highest BCUT2D eigenvalue weighted by Crippen LogP contribution is 2.32. The summed E-state index contributed by atoms with van der Waals surface area (Å²) < 4.78 is 29.2. The summed E-state index contributed by atoms with van der Waals surface area (Å²) in [6.45, 7) is 4.12. The Hall–Kier alpha value is -4.98. The first-order valence-corrected chi connectivity index (χ1v) is 21.2. The smallest absolute Gasteiger partial charge is 0.249 e. The van der Waals surface area contributed by atoms with Gasteiger partial charge in [-0.1, -0.05) is 37.5 Å². The molecule has 5 fully saturated rings. The van der Waals surface area contributed by atoms with Crippen molar-refractivity contribution in [1.29, 1.82) is 0 Å². The first-order valence-electron chi connectivity index (χ1n) is 21.2. The molecule has 310 valence electrons. The highest BCUT2D eigenvalue weighted by Gasteiger charge is 2.30. The van der Waals surface area contributed by atoms with E-state index in [1.165, 1.54) is 18.7 Å². The molecule has 0 radical (unpaired) electrons. The van der Waals surface area contributed by atoms with Crippen LogP contribution in [0.1, 0.15) is 101 Å². The van der Waals surface area contributed by atoms with E-state index in [4.69, 9.17) is 0 Å². The lowest BCUT2D eigenvalue weighted by Crippen LogP contribution is -2.47. The van der Waals surface area contributed by atoms with Gasteiger partial charge in [0, 0.05) is 61.4 Å². The fourth-order valence-corrected chi connectivity index (χ4v) is 8.87. The van der Waals surface area contributed by atoms with Gasteiger partial charge in [-0.05, 0) is 114 Å². The second-order valence-corrected chi connectivity index (χ2v) is 16.5. The van der Waals surface area contributed by atoms with E-state index >= 15 is 0 Å². The van der Waals surface area contributed by atoms with Crippen molar-refractivity contribution in [2.24, 2.45) is 5.92 Å². The number of hydrogen-bond acceptors (Lipinski definition) is 9. The molecule has 1 aliphatic carbocycles. The van der Waals surface area contributed by atoms with Crippen molar-refractivity contribution < 1.29 is 28.0 Å². The molecule has 1 atom stereocenters. The fourth-order valence-electron chi connectivity index (χ4n) is 8.87. The average molecular weight is 799 g/mol. The molecule has 8 rings (SSSR count). The highest BCUT2D eigenvalue weighted by atomic mass is 19.1. The van der Waals surface area contributed by atoms with Gasteiger partial charge >= 0.3 is 0 Å². The number of benzene rings is 2. The molecular weight excluding hydrogens is 743 g/mol. The van der Waals surface area contributed by atoms with Crippen molar-refractivity contribution in [2.45, 2.75) is 108 Å². The maximum atomic E-state index is 14.7. The average Bonchev–Trinajstić information content (AvgIpc) is 3.24. The topological polar surface area (TPSA) is 140 Å². The Morgan fingerprint density at radius 3 is 2.29 bits per heavy atom. The van der Waals surface area contributed by atoms with Crippen LogP contribution in [0.2, 0.25) is 0 Å². The monoisotopic (exact) mass is 798 g/mol. The number of carbonyl (C=O) groups excluding carboxylic acids is 4. The summed E-state index contributed by atoms with van der Waals surface area (Å²) in [5.41, 5.74) is 2.95. The van der Waals surface area contributed by atoms with E-state index in [9.17, 15) is 28.0 Å². The Morgan fingerprint density at radius 2 is 1.57 bits per heavy atom. The molecular formula is C44H56F2N8O4. The molecule has 3 N–H and O–H groups in total. The summed E-state index contributed by atoms with van der Waals surface area (Å²) in [5, 5.41) is 8.66. The Labute approximate surface area is 339 Å². The number of nitrogens with one attached hydrogen (secondary N) is 3. The van der Waals surface area contributed by atoms with Gasteiger partial charge in [-0.15, -0.1) is 0 Å². The van der Waals surface area contributed by atoms with Crippen LogP contribution in [-0.4, -0.2) is 95.3 Å². The van der Waals surface area contributed by atoms with Gasteiger partial charge in [0.1, 0.15) is 17.6 Å². The zero-order valence-electron chi connectivity index (χ0n) is 33.5. The third-order valence-electron chi connectivity index (χ3n) is 12.3. The van der Waals surface area contributed by atoms with Crippen molar-refractivity contribution in [3.63, 3.8) is 0 Å². The van der Waals surface area contributed by atoms with Gasteiger partial charge in [0.2, 0.25) is 29.6 Å². The summed E-state index contributed by atoms with van der Waals surface area (Å²) in [5.74, 6) is -0.0518. The Kier molecular flexibility index (Phi) is 13.6. The van der Waals surface area contributed by atoms with Crippen molar-refractivity contribution >= 4 is 41.0 Å². The number of carbonyl (C=O) groups is 4. The van der Waals surface area contributed by atoms with Crippen LogP contribution >= 0.6 is 0 Å². The minimum absolute atomic E-state index is 0.104. The zero-order valence-corrected chi connectivity index (χ0v) is 33.5. The van der Waals surface area contributed by atoms with E-state index in [2.05, 4.69) is 37.9 Å². The van der Waals surface area contributed by atoms with Crippen LogP contribution in [0.25, 0.3) is 11.3 Å². The summed E-state index contributed by atoms with van der Waals surface area (Å²) in [4.78, 5) is 62.8. The second kappa shape index (κ2) is 19.2. The van der Waals surface area contributed by atoms with Gasteiger partial charge in [-0.3, -0.25) is 24.5 Å². The molecule has 4 saturated heterocycles. The molecule has 3 aromatic rings. The third kappa shape index (κ3) is 10.4. The minimum atomic E-state index is -0.495. The van der Waals surface area contributed by atoms with Gasteiger partial charge in [-0.25, -0.2) is 18.7 Å². The van der Waals surface area contributed by atoms with E-state index in [0.29, 0.717) is 48.9 Å². The molecule has 12 nitrogen and oxygen atoms in total. The molecule has 1 aromatic heterocycles. The molecule has 14 heteroatoms. The van der Waals surface area contributed by atoms with Crippen molar-refractivity contribution in [3.8, 4) is 11.3 Å². The number of piperidine rings is 4. The molecule has 0 spiro atoms. The number of rotatable bonds is 8. The number of anilines is 3. The number of amides is 4. The molecule has 0 bridgehead atoms. The van der Waals surface area contributed by atoms with E-state index < -0.39 is 11.9 Å². The number of likely N-dealkylation sites (tertiary alicyclic amines) is 2. The minimum Gasteiger partial charge on any atom is -0.374 e. The molecule has 2 aromatic carbocycles. The summed E-state index contributed by atoms with van der Waals surface area (Å²) in [7, 11) is 2.08. The Balaban J connectivity index is 0.000000193. The first kappa shape index (κ1) is 41.2. The lowest BCUT2D eigenvalue weighted by molar-refractivity contribution is -0.137. The maximum Gasteiger partial charge on any atom is 0.249 e. The first-order chi connectivity index (χ1) is 28.1. The SMILES string of the molecule is CN1CCC(c2ccc(NC3CCC(=O)NC3=O)cc2F)CC1.O=C(C1CCCCC1)N1CCC(Nc2ncc(F)c(-c3cccc(N4CCCCC4=O)c3)n2)CC1. The second-order valence-electron chi connectivity index (χ2n) is 16.5. The lowest BCUT2D eigenvalue weighted by atomic mass is 9.87. The standard InChI is InChI=1S/C27H34FN5O2.C17H22FN3O2/c28-23-18-29-27(30-21-12-15-32(16-13-21)26(35)19-7-2-1-3-8-19)31-25(23)20-9-6-10-22(17-20)33-14-5-4-11-24(33)34;1-21-8-6-11(7-9-21)13-3-2-12(10-14(13)18)19-15-4-5-16(22)20-17(15)23/h6,9-10,17-19,21H,1-5,7-8,11-16H2,(H,29,30,31);2-3,10-11,15,19H,4-9H2,1H3,(H,20,22,23). The van der Waals surface area contributed by atoms with Crippen molar-refractivity contribution in [1.82, 2.24) is 25.1 Å². The summed E-state index contributed by atoms with van der Waals surface area (Å²) in [6.07, 6.45) is 13.6. The van der Waals surface area contributed by atoms with Gasteiger partial charge in [0.05, 0.1) is 6.20 Å². The van der Waals surface area contributed by atoms with Crippen molar-refractivity contribution in [3.05, 3.63) is 65.9 Å². The van der Waals surface area contributed by atoms with E-state index in [1.54, 1.807) is 4.90 Å². The number of imide groups is 1. The highest BCUT2D eigenvalue weighted by molar-refractivity contribution is 6.01. The summed E-state index contributed by atoms with van der Waals surface area (Å²) in [6, 6.07) is 12.1. The van der Waals surface area contributed by atoms with Crippen LogP contribution in [0.4, 0.5) is 26.1 Å². The third-order valence-corrected chi connectivity index (χ3v) is 12.3. The molecule has 1 unspecified atom stereocenters. The lowest BCUT2D eigenvalue weighted by Gasteiger charge is -2.35. The van der Waals surface area contributed by atoms with E-state index in [-0.39, 0.29) is 47.1 Å². The van der Waals surface area contributed by atoms with Gasteiger partial charge in [-0.2, -0.15) is 0 Å². The summed E-state index contributed by atoms with van der Waals surface area (Å²) >= 11 is 0. The number of nitrogens with zero attached hydrogens (tertiary/aromatic N) is 5. The zero-order chi connectivity index (χ0) is 40.6. The number of hydrogen-bond donors (Lipinski definition) is 3. The van der Waals surface area contributed by atoms with Crippen LogP contribution in [0, 0.1) is 17.6 Å². The van der Waals surface area contributed by atoms with Gasteiger partial charge in [0.15, 0.2) is 5.82 Å². The van der Waals surface area contributed by atoms with Crippen LogP contribution < -0.4 is 20.9 Å². The van der Waals surface area contributed by atoms with Crippen LogP contribution in [0.15, 0.2) is 48.7 Å². The molecule has 4 aliphatic heterocycles. The Morgan fingerprint density at radius 1 is 0.793 bits per heavy atom. The van der Waals surface area contributed by atoms with Crippen molar-refractivity contribution in [2.75, 3.05) is 55.3 Å². The predicted octanol–water partition coefficient (Wildman–Crippen LogP) is 6.63. The molecule has 58 heavy (non-hydrogen) atoms. The number of halogens is 2. The van der Waals surface area contributed by atoms with Gasteiger partial charge < -0.3 is 25.3 Å². The van der Waals surface area contributed by atoms with E-state index in [0.717, 1.165) is 102 Å². The Bertz CT molecular complexity index is 1940. The molecule has 1 saturated carbocycles. The molecule has 4 amide bonds. The molecule has 5 heterocycles.